The van der Waals surface area contributed by atoms with Crippen molar-refractivity contribution in [2.45, 2.75) is 13.8 Å². The highest BCUT2D eigenvalue weighted by molar-refractivity contribution is 6.12. The molecule has 0 saturated heterocycles. The maximum atomic E-state index is 6.23. The number of hydrogen-bond acceptors (Lipinski definition) is 1. The van der Waals surface area contributed by atoms with Gasteiger partial charge in [0.15, 0.2) is 0 Å². The first-order chi connectivity index (χ1) is 26.1. The van der Waals surface area contributed by atoms with Gasteiger partial charge in [-0.3, -0.25) is 0 Å². The zero-order valence-corrected chi connectivity index (χ0v) is 29.7. The second-order valence-corrected chi connectivity index (χ2v) is 13.9. The van der Waals surface area contributed by atoms with Gasteiger partial charge >= 0.3 is 0 Å². The topological polar surface area (TPSA) is 23.0 Å². The molecule has 0 aliphatic carbocycles. The molecule has 0 N–H and O–H groups in total. The van der Waals surface area contributed by atoms with Crippen LogP contribution in [0.15, 0.2) is 168 Å². The van der Waals surface area contributed by atoms with Crippen molar-refractivity contribution in [2.24, 2.45) is 0 Å². The summed E-state index contributed by atoms with van der Waals surface area (Å²) in [6.07, 6.45) is 6.30. The van der Waals surface area contributed by atoms with Crippen molar-refractivity contribution in [2.75, 3.05) is 0 Å². The van der Waals surface area contributed by atoms with Crippen molar-refractivity contribution >= 4 is 67.3 Å². The van der Waals surface area contributed by atoms with E-state index in [1.165, 1.54) is 49.4 Å². The lowest BCUT2D eigenvalue weighted by molar-refractivity contribution is 0.669. The van der Waals surface area contributed by atoms with Gasteiger partial charge < -0.3 is 13.6 Å². The van der Waals surface area contributed by atoms with Crippen LogP contribution in [0.25, 0.3) is 101 Å². The van der Waals surface area contributed by atoms with Crippen molar-refractivity contribution in [3.8, 4) is 33.6 Å². The van der Waals surface area contributed by atoms with Gasteiger partial charge in [0.1, 0.15) is 11.2 Å². The lowest BCUT2D eigenvalue weighted by atomic mass is 9.98. The highest BCUT2D eigenvalue weighted by Gasteiger charge is 2.17. The minimum absolute atomic E-state index is 0.915. The molecule has 0 unspecified atom stereocenters. The molecular formula is C50H36N2O. The molecule has 3 nitrogen and oxygen atoms in total. The number of nitrogens with zero attached hydrogens (tertiary/aromatic N) is 2. The van der Waals surface area contributed by atoms with Gasteiger partial charge in [-0.1, -0.05) is 91.5 Å². The monoisotopic (exact) mass is 680 g/mol. The molecule has 0 spiro atoms. The maximum absolute atomic E-state index is 6.23. The third kappa shape index (κ3) is 4.89. The molecule has 0 bridgehead atoms. The van der Waals surface area contributed by atoms with Gasteiger partial charge in [-0.25, -0.2) is 0 Å². The van der Waals surface area contributed by atoms with E-state index in [-0.39, 0.29) is 0 Å². The van der Waals surface area contributed by atoms with Crippen molar-refractivity contribution in [1.82, 2.24) is 9.13 Å². The summed E-state index contributed by atoms with van der Waals surface area (Å²) < 4.78 is 10.9. The van der Waals surface area contributed by atoms with E-state index >= 15 is 0 Å². The van der Waals surface area contributed by atoms with E-state index in [2.05, 4.69) is 193 Å². The normalized spacial score (nSPS) is 12.5. The first-order valence-corrected chi connectivity index (χ1v) is 18.2. The molecule has 3 aromatic heterocycles. The Hall–Kier alpha value is -6.84. The van der Waals surface area contributed by atoms with Crippen LogP contribution >= 0.6 is 0 Å². The standard InChI is InChI=1S/C50H36N2O/c1-4-5-18-44-33(3)40-28-34(20-24-45(40)51(44)38-14-8-6-9-15-38)35-21-25-46-41(29-35)42-30-36(22-26-47(42)52(46)39-16-10-7-11-17-39)37-23-27-48-43(31-37)50-32(2)13-12-19-49(50)53-48/h4-31H,3H2,1-2H3/b5-4-,44-18+. The molecule has 0 amide bonds. The summed E-state index contributed by atoms with van der Waals surface area (Å²) >= 11 is 0. The Bertz CT molecular complexity index is 3190. The number of rotatable bonds is 5. The number of para-hydroxylation sites is 2. The Morgan fingerprint density at radius 3 is 1.64 bits per heavy atom. The van der Waals surface area contributed by atoms with E-state index in [0.29, 0.717) is 0 Å². The molecule has 0 radical (unpaired) electrons. The Morgan fingerprint density at radius 1 is 0.509 bits per heavy atom. The van der Waals surface area contributed by atoms with Crippen LogP contribution in [-0.2, 0) is 0 Å². The Morgan fingerprint density at radius 2 is 1.04 bits per heavy atom. The van der Waals surface area contributed by atoms with E-state index in [0.717, 1.165) is 55.0 Å². The molecule has 3 heteroatoms. The van der Waals surface area contributed by atoms with Crippen LogP contribution in [0.5, 0.6) is 0 Å². The van der Waals surface area contributed by atoms with Gasteiger partial charge in [0.2, 0.25) is 0 Å². The first-order valence-electron chi connectivity index (χ1n) is 18.2. The highest BCUT2D eigenvalue weighted by atomic mass is 16.3. The summed E-state index contributed by atoms with van der Waals surface area (Å²) in [6, 6.07) is 54.6. The number of benzene rings is 7. The third-order valence-corrected chi connectivity index (χ3v) is 10.7. The van der Waals surface area contributed by atoms with Gasteiger partial charge in [-0.2, -0.15) is 0 Å². The molecule has 53 heavy (non-hydrogen) atoms. The minimum atomic E-state index is 0.915. The quantitative estimate of drug-likeness (QED) is 0.177. The number of allylic oxidation sites excluding steroid dienone is 2. The lowest BCUT2D eigenvalue weighted by Gasteiger charge is -2.09. The maximum Gasteiger partial charge on any atom is 0.135 e. The number of aromatic nitrogens is 2. The molecule has 3 heterocycles. The molecule has 0 atom stereocenters. The molecule has 10 rings (SSSR count). The molecule has 252 valence electrons. The number of furan rings is 1. The average Bonchev–Trinajstić information content (AvgIpc) is 3.84. The second kappa shape index (κ2) is 12.1. The molecular weight excluding hydrogens is 645 g/mol. The molecule has 7 aromatic carbocycles. The second-order valence-electron chi connectivity index (χ2n) is 13.9. The fourth-order valence-electron chi connectivity index (χ4n) is 8.19. The average molecular weight is 681 g/mol. The summed E-state index contributed by atoms with van der Waals surface area (Å²) in [5.74, 6) is 0. The predicted octanol–water partition coefficient (Wildman–Crippen LogP) is 12.0. The smallest absolute Gasteiger partial charge is 0.135 e. The van der Waals surface area contributed by atoms with E-state index in [4.69, 9.17) is 4.42 Å². The summed E-state index contributed by atoms with van der Waals surface area (Å²) in [4.78, 5) is 0. The van der Waals surface area contributed by atoms with Crippen molar-refractivity contribution in [1.29, 1.82) is 0 Å². The van der Waals surface area contributed by atoms with E-state index < -0.39 is 0 Å². The van der Waals surface area contributed by atoms with E-state index in [9.17, 15) is 0 Å². The molecule has 0 aliphatic rings. The third-order valence-electron chi connectivity index (χ3n) is 10.7. The predicted molar refractivity (Wildman–Crippen MR) is 225 cm³/mol. The molecule has 0 fully saturated rings. The SMILES string of the molecule is C=c1/c(=C\C=C/C)n(-c2ccccc2)c2ccc(-c3ccc4c(c3)c3cc(-c5ccc6oc7cccc(C)c7c6c5)ccc3n4-c3ccccc3)cc12. The van der Waals surface area contributed by atoms with Crippen LogP contribution in [-0.4, -0.2) is 9.13 Å². The van der Waals surface area contributed by atoms with Crippen LogP contribution in [0, 0.1) is 6.92 Å². The van der Waals surface area contributed by atoms with Crippen molar-refractivity contribution in [3.05, 3.63) is 180 Å². The van der Waals surface area contributed by atoms with Crippen LogP contribution in [0.2, 0.25) is 0 Å². The lowest BCUT2D eigenvalue weighted by Crippen LogP contribution is -2.26. The molecule has 0 saturated carbocycles. The number of aryl methyl sites for hydroxylation is 1. The van der Waals surface area contributed by atoms with Gasteiger partial charge in [0.05, 0.1) is 21.9 Å². The molecule has 0 aliphatic heterocycles. The summed E-state index contributed by atoms with van der Waals surface area (Å²) in [7, 11) is 0. The zero-order valence-electron chi connectivity index (χ0n) is 29.7. The van der Waals surface area contributed by atoms with Crippen LogP contribution in [0.1, 0.15) is 12.5 Å². The van der Waals surface area contributed by atoms with Crippen LogP contribution in [0.4, 0.5) is 0 Å². The Balaban J connectivity index is 1.18. The van der Waals surface area contributed by atoms with Crippen LogP contribution < -0.4 is 10.6 Å². The van der Waals surface area contributed by atoms with Gasteiger partial charge in [0.25, 0.3) is 0 Å². The minimum Gasteiger partial charge on any atom is -0.456 e. The largest absolute Gasteiger partial charge is 0.456 e. The zero-order chi connectivity index (χ0) is 35.6. The number of fused-ring (bicyclic) bond motifs is 7. The Kier molecular flexibility index (Phi) is 7.09. The van der Waals surface area contributed by atoms with Crippen molar-refractivity contribution < 1.29 is 4.42 Å². The summed E-state index contributed by atoms with van der Waals surface area (Å²) in [5, 5.41) is 8.02. The van der Waals surface area contributed by atoms with Gasteiger partial charge in [-0.15, -0.1) is 0 Å². The fourth-order valence-corrected chi connectivity index (χ4v) is 8.19. The van der Waals surface area contributed by atoms with E-state index in [1.807, 2.05) is 6.92 Å². The van der Waals surface area contributed by atoms with Gasteiger partial charge in [0, 0.05) is 43.5 Å². The molecule has 10 aromatic rings. The fraction of sp³-hybridized carbons (Fsp3) is 0.0400. The van der Waals surface area contributed by atoms with E-state index in [1.54, 1.807) is 0 Å². The number of hydrogen-bond donors (Lipinski definition) is 0. The van der Waals surface area contributed by atoms with Crippen molar-refractivity contribution in [3.63, 3.8) is 0 Å². The highest BCUT2D eigenvalue weighted by Crippen LogP contribution is 2.39. The first kappa shape index (κ1) is 30.9. The summed E-state index contributed by atoms with van der Waals surface area (Å²) in [6.45, 7) is 8.79. The van der Waals surface area contributed by atoms with Crippen LogP contribution in [0.3, 0.4) is 0 Å². The summed E-state index contributed by atoms with van der Waals surface area (Å²) in [5.41, 5.74) is 13.5. The van der Waals surface area contributed by atoms with Gasteiger partial charge in [-0.05, 0) is 127 Å². The Labute approximate surface area is 307 Å².